The molecule has 90 valence electrons. The van der Waals surface area contributed by atoms with Crippen LogP contribution >= 0.6 is 0 Å². The first-order valence-electron chi connectivity index (χ1n) is 6.56. The molecule has 4 fully saturated rings. The summed E-state index contributed by atoms with van der Waals surface area (Å²) in [5.74, 6) is 1.06. The highest BCUT2D eigenvalue weighted by Crippen LogP contribution is 2.32. The van der Waals surface area contributed by atoms with Gasteiger partial charge in [0.2, 0.25) is 5.91 Å². The van der Waals surface area contributed by atoms with E-state index in [9.17, 15) is 4.79 Å². The molecule has 4 nitrogen and oxygen atoms in total. The van der Waals surface area contributed by atoms with Crippen LogP contribution in [0.4, 0.5) is 0 Å². The second kappa shape index (κ2) is 4.00. The Balaban J connectivity index is 1.78. The molecule has 2 unspecified atom stereocenters. The summed E-state index contributed by atoms with van der Waals surface area (Å²) in [6.45, 7) is 6.29. The molecule has 0 saturated carbocycles. The van der Waals surface area contributed by atoms with Gasteiger partial charge >= 0.3 is 0 Å². The van der Waals surface area contributed by atoms with Gasteiger partial charge in [-0.15, -0.1) is 0 Å². The minimum absolute atomic E-state index is 0.290. The summed E-state index contributed by atoms with van der Waals surface area (Å²) in [7, 11) is 0. The highest BCUT2D eigenvalue weighted by atomic mass is 16.2. The fourth-order valence-electron chi connectivity index (χ4n) is 3.57. The standard InChI is InChI=1S/C12H21N3O/c1-2-11-13-7-12(16)15(11)10-8-14-5-3-9(10)4-6-14/h9-11,13H,2-8H2,1H3. The lowest BCUT2D eigenvalue weighted by atomic mass is 9.83. The number of fused-ring (bicyclic) bond motifs is 3. The molecule has 4 heteroatoms. The van der Waals surface area contributed by atoms with Crippen LogP contribution in [0.25, 0.3) is 0 Å². The molecule has 4 aliphatic heterocycles. The molecule has 2 atom stereocenters. The van der Waals surface area contributed by atoms with E-state index in [1.54, 1.807) is 0 Å². The van der Waals surface area contributed by atoms with Gasteiger partial charge in [-0.3, -0.25) is 10.1 Å². The lowest BCUT2D eigenvalue weighted by Crippen LogP contribution is -2.60. The highest BCUT2D eigenvalue weighted by Gasteiger charge is 2.43. The second-order valence-electron chi connectivity index (χ2n) is 5.31. The maximum absolute atomic E-state index is 12.0. The molecule has 4 saturated heterocycles. The minimum Gasteiger partial charge on any atom is -0.322 e. The summed E-state index contributed by atoms with van der Waals surface area (Å²) in [6.07, 6.45) is 3.88. The highest BCUT2D eigenvalue weighted by molar-refractivity contribution is 5.81. The van der Waals surface area contributed by atoms with Crippen LogP contribution in [0.15, 0.2) is 0 Å². The first kappa shape index (κ1) is 10.5. The Morgan fingerprint density at radius 2 is 2.12 bits per heavy atom. The molecule has 1 amide bonds. The molecule has 0 aliphatic carbocycles. The third-order valence-corrected chi connectivity index (χ3v) is 4.48. The smallest absolute Gasteiger partial charge is 0.238 e. The zero-order valence-corrected chi connectivity index (χ0v) is 9.98. The van der Waals surface area contributed by atoms with Crippen molar-refractivity contribution in [1.82, 2.24) is 15.1 Å². The average molecular weight is 223 g/mol. The zero-order chi connectivity index (χ0) is 11.1. The Hall–Kier alpha value is -0.610. The lowest BCUT2D eigenvalue weighted by Gasteiger charge is -2.49. The number of hydrogen-bond acceptors (Lipinski definition) is 3. The lowest BCUT2D eigenvalue weighted by molar-refractivity contribution is -0.134. The van der Waals surface area contributed by atoms with Gasteiger partial charge in [0.1, 0.15) is 0 Å². The number of nitrogens with zero attached hydrogens (tertiary/aromatic N) is 2. The SMILES string of the molecule is CCC1NCC(=O)N1C1CN2CCC1CC2. The van der Waals surface area contributed by atoms with Gasteiger partial charge in [0.05, 0.1) is 12.7 Å². The molecular weight excluding hydrogens is 202 g/mol. The third-order valence-electron chi connectivity index (χ3n) is 4.48. The Morgan fingerprint density at radius 3 is 2.69 bits per heavy atom. The van der Waals surface area contributed by atoms with Crippen molar-refractivity contribution >= 4 is 5.91 Å². The topological polar surface area (TPSA) is 35.6 Å². The molecule has 0 radical (unpaired) electrons. The molecule has 4 aliphatic rings. The van der Waals surface area contributed by atoms with Gasteiger partial charge in [0.15, 0.2) is 0 Å². The number of piperidine rings is 3. The van der Waals surface area contributed by atoms with Crippen LogP contribution in [-0.2, 0) is 4.79 Å². The van der Waals surface area contributed by atoms with Gasteiger partial charge in [-0.25, -0.2) is 0 Å². The molecule has 0 spiro atoms. The van der Waals surface area contributed by atoms with Gasteiger partial charge in [-0.1, -0.05) is 6.92 Å². The van der Waals surface area contributed by atoms with Gasteiger partial charge in [-0.2, -0.15) is 0 Å². The number of nitrogens with one attached hydrogen (secondary N) is 1. The molecule has 4 heterocycles. The van der Waals surface area contributed by atoms with E-state index in [-0.39, 0.29) is 6.17 Å². The second-order valence-corrected chi connectivity index (χ2v) is 5.31. The van der Waals surface area contributed by atoms with Gasteiger partial charge in [-0.05, 0) is 38.3 Å². The molecule has 0 aromatic carbocycles. The normalized spacial score (nSPS) is 43.1. The van der Waals surface area contributed by atoms with Crippen molar-refractivity contribution in [2.75, 3.05) is 26.2 Å². The molecule has 2 bridgehead atoms. The van der Waals surface area contributed by atoms with Crippen LogP contribution in [0, 0.1) is 5.92 Å². The first-order chi connectivity index (χ1) is 7.79. The van der Waals surface area contributed by atoms with E-state index in [4.69, 9.17) is 0 Å². The Bertz CT molecular complexity index is 286. The first-order valence-corrected chi connectivity index (χ1v) is 6.56. The van der Waals surface area contributed by atoms with Crippen molar-refractivity contribution in [3.05, 3.63) is 0 Å². The van der Waals surface area contributed by atoms with Crippen LogP contribution in [0.1, 0.15) is 26.2 Å². The minimum atomic E-state index is 0.290. The van der Waals surface area contributed by atoms with Crippen LogP contribution < -0.4 is 5.32 Å². The van der Waals surface area contributed by atoms with Crippen LogP contribution in [0.5, 0.6) is 0 Å². The predicted molar refractivity (Wildman–Crippen MR) is 61.9 cm³/mol. The van der Waals surface area contributed by atoms with Crippen LogP contribution in [0.3, 0.4) is 0 Å². The number of carbonyl (C=O) groups is 1. The van der Waals surface area contributed by atoms with E-state index in [0.29, 0.717) is 18.5 Å². The molecule has 4 rings (SSSR count). The Morgan fingerprint density at radius 1 is 1.38 bits per heavy atom. The van der Waals surface area contributed by atoms with E-state index in [1.807, 2.05) is 0 Å². The van der Waals surface area contributed by atoms with Crippen LogP contribution in [-0.4, -0.2) is 54.1 Å². The van der Waals surface area contributed by atoms with Crippen molar-refractivity contribution in [3.8, 4) is 0 Å². The number of carbonyl (C=O) groups excluding carboxylic acids is 1. The summed E-state index contributed by atoms with van der Waals surface area (Å²) in [4.78, 5) is 16.6. The summed E-state index contributed by atoms with van der Waals surface area (Å²) >= 11 is 0. The largest absolute Gasteiger partial charge is 0.322 e. The quantitative estimate of drug-likeness (QED) is 0.729. The summed E-state index contributed by atoms with van der Waals surface area (Å²) < 4.78 is 0. The van der Waals surface area contributed by atoms with E-state index >= 15 is 0 Å². The number of amides is 1. The number of rotatable bonds is 2. The molecule has 0 aromatic rings. The molecule has 16 heavy (non-hydrogen) atoms. The van der Waals surface area contributed by atoms with Crippen molar-refractivity contribution in [2.24, 2.45) is 5.92 Å². The Kier molecular flexibility index (Phi) is 2.64. The monoisotopic (exact) mass is 223 g/mol. The van der Waals surface area contributed by atoms with Gasteiger partial charge < -0.3 is 9.80 Å². The summed E-state index contributed by atoms with van der Waals surface area (Å²) in [6, 6.07) is 0.481. The van der Waals surface area contributed by atoms with Crippen LogP contribution in [0.2, 0.25) is 0 Å². The van der Waals surface area contributed by atoms with E-state index in [2.05, 4.69) is 22.0 Å². The average Bonchev–Trinajstić information content (AvgIpc) is 2.71. The number of hydrogen-bond donors (Lipinski definition) is 1. The fraction of sp³-hybridized carbons (Fsp3) is 0.917. The Labute approximate surface area is 97.0 Å². The van der Waals surface area contributed by atoms with Crippen molar-refractivity contribution < 1.29 is 4.79 Å². The van der Waals surface area contributed by atoms with Crippen molar-refractivity contribution in [2.45, 2.75) is 38.4 Å². The summed E-state index contributed by atoms with van der Waals surface area (Å²) in [5.41, 5.74) is 0. The fourth-order valence-corrected chi connectivity index (χ4v) is 3.57. The van der Waals surface area contributed by atoms with E-state index in [1.165, 1.54) is 25.9 Å². The third kappa shape index (κ3) is 1.55. The predicted octanol–water partition coefficient (Wildman–Crippen LogP) is 0.248. The maximum atomic E-state index is 12.0. The summed E-state index contributed by atoms with van der Waals surface area (Å²) in [5, 5.41) is 3.32. The molecule has 0 aromatic heterocycles. The van der Waals surface area contributed by atoms with Gasteiger partial charge in [0, 0.05) is 12.6 Å². The van der Waals surface area contributed by atoms with Crippen molar-refractivity contribution in [1.29, 1.82) is 0 Å². The van der Waals surface area contributed by atoms with E-state index in [0.717, 1.165) is 18.9 Å². The molecule has 1 N–H and O–H groups in total. The van der Waals surface area contributed by atoms with Crippen molar-refractivity contribution in [3.63, 3.8) is 0 Å². The molecular formula is C12H21N3O. The maximum Gasteiger partial charge on any atom is 0.238 e. The van der Waals surface area contributed by atoms with E-state index < -0.39 is 0 Å². The zero-order valence-electron chi connectivity index (χ0n) is 9.98. The van der Waals surface area contributed by atoms with Gasteiger partial charge in [0.25, 0.3) is 0 Å².